The van der Waals surface area contributed by atoms with Gasteiger partial charge >= 0.3 is 0 Å². The van der Waals surface area contributed by atoms with E-state index in [4.69, 9.17) is 9.47 Å². The first-order chi connectivity index (χ1) is 14.4. The van der Waals surface area contributed by atoms with Gasteiger partial charge in [-0.3, -0.25) is 4.72 Å². The van der Waals surface area contributed by atoms with Crippen LogP contribution in [-0.4, -0.2) is 37.9 Å². The van der Waals surface area contributed by atoms with Gasteiger partial charge in [0.05, 0.1) is 25.0 Å². The summed E-state index contributed by atoms with van der Waals surface area (Å²) in [6.45, 7) is 2.01. The van der Waals surface area contributed by atoms with Crippen molar-refractivity contribution in [2.75, 3.05) is 24.3 Å². The molecule has 1 aliphatic rings. The molecule has 9 heteroatoms. The summed E-state index contributed by atoms with van der Waals surface area (Å²) in [5.74, 6) is 1.88. The molecule has 1 aromatic heterocycles. The molecule has 0 aliphatic heterocycles. The van der Waals surface area contributed by atoms with Crippen LogP contribution in [0, 0.1) is 0 Å². The fraction of sp³-hybridized carbons (Fsp3) is 0.333. The fourth-order valence-electron chi connectivity index (χ4n) is 3.25. The van der Waals surface area contributed by atoms with Crippen molar-refractivity contribution in [2.45, 2.75) is 31.1 Å². The summed E-state index contributed by atoms with van der Waals surface area (Å²) < 4.78 is 37.6. The Balaban J connectivity index is 1.54. The lowest BCUT2D eigenvalue weighted by molar-refractivity contribution is 0.356. The highest BCUT2D eigenvalue weighted by Crippen LogP contribution is 2.35. The zero-order valence-corrected chi connectivity index (χ0v) is 17.9. The van der Waals surface area contributed by atoms with E-state index in [1.54, 1.807) is 26.4 Å². The van der Waals surface area contributed by atoms with Gasteiger partial charge < -0.3 is 14.8 Å². The average molecular weight is 429 g/mol. The molecule has 158 valence electrons. The van der Waals surface area contributed by atoms with Crippen molar-refractivity contribution in [3.05, 3.63) is 48.3 Å². The van der Waals surface area contributed by atoms with Gasteiger partial charge in [0.25, 0.3) is 0 Å². The van der Waals surface area contributed by atoms with Crippen LogP contribution in [0.3, 0.4) is 0 Å². The van der Waals surface area contributed by atoms with Gasteiger partial charge in [-0.05, 0) is 43.5 Å². The molecule has 1 aliphatic carbocycles. The molecule has 2 N–H and O–H groups in total. The highest BCUT2D eigenvalue weighted by molar-refractivity contribution is 7.93. The lowest BCUT2D eigenvalue weighted by Crippen LogP contribution is -2.17. The number of sulfonamides is 1. The van der Waals surface area contributed by atoms with Crippen molar-refractivity contribution in [3.8, 4) is 11.5 Å². The van der Waals surface area contributed by atoms with E-state index in [1.165, 1.54) is 6.33 Å². The zero-order valence-electron chi connectivity index (χ0n) is 17.0. The molecule has 1 unspecified atom stereocenters. The summed E-state index contributed by atoms with van der Waals surface area (Å²) >= 11 is 0. The maximum atomic E-state index is 12.1. The molecular weight excluding hydrogens is 404 g/mol. The molecule has 0 radical (unpaired) electrons. The smallest absolute Gasteiger partial charge is 0.235 e. The van der Waals surface area contributed by atoms with E-state index in [0.717, 1.165) is 29.3 Å². The normalized spacial score (nSPS) is 14.9. The van der Waals surface area contributed by atoms with Gasteiger partial charge in [-0.25, -0.2) is 18.4 Å². The van der Waals surface area contributed by atoms with Gasteiger partial charge in [0.2, 0.25) is 10.0 Å². The van der Waals surface area contributed by atoms with Gasteiger partial charge in [-0.15, -0.1) is 0 Å². The molecule has 4 rings (SSSR count). The number of benzene rings is 2. The SMILES string of the molecule is COc1cc2ncnc(NC(C)c3ccc(NS(=O)(=O)C4CC4)cc3)c2cc1OC. The summed E-state index contributed by atoms with van der Waals surface area (Å²) in [5.41, 5.74) is 2.31. The number of nitrogens with one attached hydrogen (secondary N) is 2. The molecule has 0 saturated heterocycles. The minimum Gasteiger partial charge on any atom is -0.493 e. The summed E-state index contributed by atoms with van der Waals surface area (Å²) in [6, 6.07) is 10.9. The third-order valence-electron chi connectivity index (χ3n) is 5.13. The van der Waals surface area contributed by atoms with Crippen molar-refractivity contribution < 1.29 is 17.9 Å². The first-order valence-corrected chi connectivity index (χ1v) is 11.2. The maximum Gasteiger partial charge on any atom is 0.235 e. The first kappa shape index (κ1) is 20.2. The van der Waals surface area contributed by atoms with Gasteiger partial charge in [-0.2, -0.15) is 0 Å². The molecule has 0 amide bonds. The highest BCUT2D eigenvalue weighted by atomic mass is 32.2. The van der Waals surface area contributed by atoms with Crippen LogP contribution in [0.15, 0.2) is 42.7 Å². The van der Waals surface area contributed by atoms with E-state index in [1.807, 2.05) is 31.2 Å². The Morgan fingerprint density at radius 1 is 1.03 bits per heavy atom. The van der Waals surface area contributed by atoms with Crippen LogP contribution in [-0.2, 0) is 10.0 Å². The first-order valence-electron chi connectivity index (χ1n) is 9.66. The van der Waals surface area contributed by atoms with Gasteiger partial charge in [0, 0.05) is 23.2 Å². The van der Waals surface area contributed by atoms with Crippen LogP contribution in [0.2, 0.25) is 0 Å². The summed E-state index contributed by atoms with van der Waals surface area (Å²) in [7, 11) is -0.0938. The van der Waals surface area contributed by atoms with Gasteiger partial charge in [0.15, 0.2) is 11.5 Å². The number of hydrogen-bond acceptors (Lipinski definition) is 7. The predicted octanol–water partition coefficient (Wildman–Crippen LogP) is 3.72. The van der Waals surface area contributed by atoms with Crippen LogP contribution in [0.4, 0.5) is 11.5 Å². The number of methoxy groups -OCH3 is 2. The van der Waals surface area contributed by atoms with E-state index >= 15 is 0 Å². The average Bonchev–Trinajstić information content (AvgIpc) is 3.59. The minimum absolute atomic E-state index is 0.0646. The molecule has 30 heavy (non-hydrogen) atoms. The van der Waals surface area contributed by atoms with Crippen molar-refractivity contribution in [1.29, 1.82) is 0 Å². The van der Waals surface area contributed by atoms with E-state index in [-0.39, 0.29) is 11.3 Å². The topological polar surface area (TPSA) is 102 Å². The number of anilines is 2. The second kappa shape index (κ2) is 7.98. The molecule has 1 atom stereocenters. The molecule has 8 nitrogen and oxygen atoms in total. The Morgan fingerprint density at radius 2 is 1.70 bits per heavy atom. The summed E-state index contributed by atoms with van der Waals surface area (Å²) in [5, 5.41) is 3.96. The third-order valence-corrected chi connectivity index (χ3v) is 7.00. The van der Waals surface area contributed by atoms with Crippen LogP contribution >= 0.6 is 0 Å². The number of ether oxygens (including phenoxy) is 2. The zero-order chi connectivity index (χ0) is 21.3. The molecule has 1 saturated carbocycles. The summed E-state index contributed by atoms with van der Waals surface area (Å²) in [6.07, 6.45) is 2.97. The van der Waals surface area contributed by atoms with E-state index in [0.29, 0.717) is 23.0 Å². The Bertz CT molecular complexity index is 1160. The number of nitrogens with zero attached hydrogens (tertiary/aromatic N) is 2. The Morgan fingerprint density at radius 3 is 2.33 bits per heavy atom. The summed E-state index contributed by atoms with van der Waals surface area (Å²) in [4.78, 5) is 8.70. The number of fused-ring (bicyclic) bond motifs is 1. The third kappa shape index (κ3) is 4.11. The quantitative estimate of drug-likeness (QED) is 0.564. The Kier molecular flexibility index (Phi) is 5.38. The molecule has 3 aromatic rings. The molecule has 2 aromatic carbocycles. The van der Waals surface area contributed by atoms with Crippen molar-refractivity contribution in [3.63, 3.8) is 0 Å². The maximum absolute atomic E-state index is 12.1. The number of aromatic nitrogens is 2. The second-order valence-electron chi connectivity index (χ2n) is 7.28. The van der Waals surface area contributed by atoms with Crippen molar-refractivity contribution in [1.82, 2.24) is 9.97 Å². The Hall–Kier alpha value is -3.07. The second-order valence-corrected chi connectivity index (χ2v) is 9.24. The van der Waals surface area contributed by atoms with E-state index in [9.17, 15) is 8.42 Å². The largest absolute Gasteiger partial charge is 0.493 e. The van der Waals surface area contributed by atoms with E-state index < -0.39 is 10.0 Å². The lowest BCUT2D eigenvalue weighted by atomic mass is 10.1. The van der Waals surface area contributed by atoms with E-state index in [2.05, 4.69) is 20.0 Å². The Labute approximate surface area is 175 Å². The van der Waals surface area contributed by atoms with Crippen molar-refractivity contribution in [2.24, 2.45) is 0 Å². The number of rotatable bonds is 8. The molecular formula is C21H24N4O4S. The molecule has 0 bridgehead atoms. The highest BCUT2D eigenvalue weighted by Gasteiger charge is 2.35. The minimum atomic E-state index is -3.26. The van der Waals surface area contributed by atoms with Gasteiger partial charge in [0.1, 0.15) is 12.1 Å². The molecule has 1 fully saturated rings. The molecule has 1 heterocycles. The van der Waals surface area contributed by atoms with Crippen molar-refractivity contribution >= 4 is 32.4 Å². The van der Waals surface area contributed by atoms with Crippen LogP contribution in [0.25, 0.3) is 10.9 Å². The monoisotopic (exact) mass is 428 g/mol. The van der Waals surface area contributed by atoms with Crippen LogP contribution in [0.5, 0.6) is 11.5 Å². The lowest BCUT2D eigenvalue weighted by Gasteiger charge is -2.17. The van der Waals surface area contributed by atoms with Crippen LogP contribution in [0.1, 0.15) is 31.4 Å². The fourth-order valence-corrected chi connectivity index (χ4v) is 4.64. The number of hydrogen-bond donors (Lipinski definition) is 2. The van der Waals surface area contributed by atoms with Gasteiger partial charge in [-0.1, -0.05) is 12.1 Å². The molecule has 0 spiro atoms. The standard InChI is InChI=1S/C21H24N4O4S/c1-13(14-4-6-15(7-5-14)25-30(26,27)16-8-9-16)24-21-17-10-19(28-2)20(29-3)11-18(17)22-12-23-21/h4-7,10-13,16,25H,8-9H2,1-3H3,(H,22,23,24). The van der Waals surface area contributed by atoms with Crippen LogP contribution < -0.4 is 19.5 Å². The predicted molar refractivity (Wildman–Crippen MR) is 117 cm³/mol.